The van der Waals surface area contributed by atoms with Crippen molar-refractivity contribution in [2.24, 2.45) is 5.92 Å². The van der Waals surface area contributed by atoms with E-state index in [0.29, 0.717) is 38.3 Å². The van der Waals surface area contributed by atoms with E-state index in [1.807, 2.05) is 19.9 Å². The summed E-state index contributed by atoms with van der Waals surface area (Å²) in [4.78, 5) is 27.4. The average molecular weight is 536 g/mol. The topological polar surface area (TPSA) is 49.4 Å². The van der Waals surface area contributed by atoms with Crippen molar-refractivity contribution in [1.82, 2.24) is 10.2 Å². The maximum Gasteiger partial charge on any atom is 0.242 e. The van der Waals surface area contributed by atoms with Crippen LogP contribution in [0.3, 0.4) is 0 Å². The van der Waals surface area contributed by atoms with Crippen LogP contribution in [0, 0.1) is 5.92 Å². The third-order valence-electron chi connectivity index (χ3n) is 4.69. The summed E-state index contributed by atoms with van der Waals surface area (Å²) >= 11 is 25.8. The van der Waals surface area contributed by atoms with E-state index in [9.17, 15) is 9.59 Å². The Balaban J connectivity index is 2.11. The third-order valence-corrected chi connectivity index (χ3v) is 6.98. The molecule has 0 aliphatic carbocycles. The Morgan fingerprint density at radius 3 is 2.31 bits per heavy atom. The maximum atomic E-state index is 13.1. The molecule has 0 saturated carbocycles. The number of carbonyl (C=O) groups is 2. The number of hydrogen-bond acceptors (Lipinski definition) is 3. The Kier molecular flexibility index (Phi) is 11.0. The summed E-state index contributed by atoms with van der Waals surface area (Å²) in [6.45, 7) is 6.55. The lowest BCUT2D eigenvalue weighted by Gasteiger charge is -2.29. The van der Waals surface area contributed by atoms with Gasteiger partial charge in [-0.05, 0) is 48.2 Å². The fraction of sp³-hybridized carbons (Fsp3) is 0.391. The van der Waals surface area contributed by atoms with Crippen molar-refractivity contribution in [2.75, 3.05) is 12.3 Å². The van der Waals surface area contributed by atoms with Gasteiger partial charge in [0.25, 0.3) is 0 Å². The highest BCUT2D eigenvalue weighted by Crippen LogP contribution is 2.26. The molecule has 1 unspecified atom stereocenters. The van der Waals surface area contributed by atoms with Gasteiger partial charge in [-0.25, -0.2) is 0 Å². The molecule has 9 heteroatoms. The van der Waals surface area contributed by atoms with E-state index in [0.717, 1.165) is 11.1 Å². The minimum atomic E-state index is -0.643. The molecule has 2 aromatic carbocycles. The second-order valence-electron chi connectivity index (χ2n) is 7.81. The molecule has 32 heavy (non-hydrogen) atoms. The molecule has 2 rings (SSSR count). The summed E-state index contributed by atoms with van der Waals surface area (Å²) < 4.78 is 0. The Hall–Kier alpha value is -1.11. The number of nitrogens with zero attached hydrogens (tertiary/aromatic N) is 1. The highest BCUT2D eigenvalue weighted by Gasteiger charge is 2.26. The van der Waals surface area contributed by atoms with Gasteiger partial charge in [-0.3, -0.25) is 9.59 Å². The molecule has 0 radical (unpaired) electrons. The molecule has 2 aromatic rings. The molecule has 174 valence electrons. The van der Waals surface area contributed by atoms with Crippen LogP contribution in [0.2, 0.25) is 20.1 Å². The normalized spacial score (nSPS) is 12.0. The molecule has 0 saturated heterocycles. The average Bonchev–Trinajstić information content (AvgIpc) is 2.73. The zero-order valence-corrected chi connectivity index (χ0v) is 22.0. The van der Waals surface area contributed by atoms with Crippen molar-refractivity contribution >= 4 is 70.0 Å². The lowest BCUT2D eigenvalue weighted by atomic mass is 10.1. The number of benzene rings is 2. The summed E-state index contributed by atoms with van der Waals surface area (Å²) in [7, 11) is 0. The van der Waals surface area contributed by atoms with Crippen LogP contribution in [0.5, 0.6) is 0 Å². The maximum absolute atomic E-state index is 13.1. The fourth-order valence-electron chi connectivity index (χ4n) is 2.84. The molecule has 0 aromatic heterocycles. The molecular weight excluding hydrogens is 510 g/mol. The van der Waals surface area contributed by atoms with E-state index in [1.165, 1.54) is 11.8 Å². The van der Waals surface area contributed by atoms with Crippen molar-refractivity contribution in [3.8, 4) is 0 Å². The Bertz CT molecular complexity index is 956. The first-order valence-electron chi connectivity index (χ1n) is 10.1. The van der Waals surface area contributed by atoms with Crippen LogP contribution >= 0.6 is 58.2 Å². The first kappa shape index (κ1) is 27.1. The van der Waals surface area contributed by atoms with Crippen LogP contribution in [0.4, 0.5) is 0 Å². The molecule has 0 aliphatic rings. The van der Waals surface area contributed by atoms with Gasteiger partial charge >= 0.3 is 0 Å². The number of carbonyl (C=O) groups excluding carboxylic acids is 2. The van der Waals surface area contributed by atoms with Crippen LogP contribution in [0.15, 0.2) is 36.4 Å². The molecule has 0 fully saturated rings. The van der Waals surface area contributed by atoms with Crippen LogP contribution in [-0.4, -0.2) is 35.1 Å². The van der Waals surface area contributed by atoms with Gasteiger partial charge in [0.1, 0.15) is 6.04 Å². The van der Waals surface area contributed by atoms with E-state index in [-0.39, 0.29) is 24.1 Å². The smallest absolute Gasteiger partial charge is 0.242 e. The summed E-state index contributed by atoms with van der Waals surface area (Å²) in [5, 5.41) is 4.87. The second-order valence-corrected chi connectivity index (χ2v) is 10.5. The molecule has 1 N–H and O–H groups in total. The second kappa shape index (κ2) is 13.0. The van der Waals surface area contributed by atoms with Gasteiger partial charge in [0.05, 0.1) is 15.8 Å². The first-order chi connectivity index (χ1) is 15.1. The molecular formula is C23H26Cl4N2O2S. The highest BCUT2D eigenvalue weighted by molar-refractivity contribution is 7.99. The third kappa shape index (κ3) is 8.35. The van der Waals surface area contributed by atoms with Gasteiger partial charge in [0, 0.05) is 28.9 Å². The van der Waals surface area contributed by atoms with Crippen molar-refractivity contribution in [3.63, 3.8) is 0 Å². The molecule has 0 heterocycles. The number of nitrogens with one attached hydrogen (secondary N) is 1. The molecule has 1 atom stereocenters. The van der Waals surface area contributed by atoms with E-state index in [4.69, 9.17) is 46.4 Å². The monoisotopic (exact) mass is 534 g/mol. The van der Waals surface area contributed by atoms with Gasteiger partial charge in [-0.1, -0.05) is 72.4 Å². The summed E-state index contributed by atoms with van der Waals surface area (Å²) in [5.41, 5.74) is 1.69. The Morgan fingerprint density at radius 2 is 1.69 bits per heavy atom. The van der Waals surface area contributed by atoms with E-state index >= 15 is 0 Å². The highest BCUT2D eigenvalue weighted by atomic mass is 35.5. The Labute approximate surface area is 213 Å². The molecule has 0 aliphatic heterocycles. The van der Waals surface area contributed by atoms with Crippen LogP contribution in [0.1, 0.15) is 31.9 Å². The van der Waals surface area contributed by atoms with Gasteiger partial charge < -0.3 is 10.2 Å². The number of amides is 2. The number of thioether (sulfide) groups is 1. The van der Waals surface area contributed by atoms with E-state index in [2.05, 4.69) is 5.32 Å². The molecule has 2 amide bonds. The van der Waals surface area contributed by atoms with E-state index in [1.54, 1.807) is 42.2 Å². The Morgan fingerprint density at radius 1 is 0.969 bits per heavy atom. The van der Waals surface area contributed by atoms with Crippen molar-refractivity contribution in [2.45, 2.75) is 39.1 Å². The lowest BCUT2D eigenvalue weighted by Crippen LogP contribution is -2.48. The number of rotatable bonds is 10. The number of halogens is 4. The SMILES string of the molecule is CC(C)CNC(=O)C(C)N(Cc1ccc(Cl)c(Cl)c1)C(=O)CSCc1ccc(Cl)cc1Cl. The van der Waals surface area contributed by atoms with E-state index < -0.39 is 6.04 Å². The first-order valence-corrected chi connectivity index (χ1v) is 12.8. The quantitative estimate of drug-likeness (QED) is 0.367. The van der Waals surface area contributed by atoms with Gasteiger partial charge in [0.2, 0.25) is 11.8 Å². The van der Waals surface area contributed by atoms with Gasteiger partial charge in [0.15, 0.2) is 0 Å². The fourth-order valence-corrected chi connectivity index (χ4v) is 4.63. The minimum Gasteiger partial charge on any atom is -0.354 e. The van der Waals surface area contributed by atoms with Crippen molar-refractivity contribution < 1.29 is 9.59 Å². The van der Waals surface area contributed by atoms with Gasteiger partial charge in [-0.15, -0.1) is 11.8 Å². The summed E-state index contributed by atoms with van der Waals surface area (Å²) in [6, 6.07) is 9.84. The summed E-state index contributed by atoms with van der Waals surface area (Å²) in [6.07, 6.45) is 0. The molecule has 0 spiro atoms. The van der Waals surface area contributed by atoms with Crippen molar-refractivity contribution in [1.29, 1.82) is 0 Å². The largest absolute Gasteiger partial charge is 0.354 e. The standard InChI is InChI=1S/C23H26Cl4N2O2S/c1-14(2)10-28-23(31)15(3)29(11-16-4-7-19(25)21(27)8-16)22(30)13-32-12-17-5-6-18(24)9-20(17)26/h4-9,14-15H,10-13H2,1-3H3,(H,28,31). The van der Waals surface area contributed by atoms with Crippen LogP contribution < -0.4 is 5.32 Å². The van der Waals surface area contributed by atoms with Crippen LogP contribution in [0.25, 0.3) is 0 Å². The minimum absolute atomic E-state index is 0.154. The lowest BCUT2D eigenvalue weighted by molar-refractivity contribution is -0.138. The zero-order chi connectivity index (χ0) is 23.8. The number of hydrogen-bond donors (Lipinski definition) is 1. The predicted molar refractivity (Wildman–Crippen MR) is 137 cm³/mol. The summed E-state index contributed by atoms with van der Waals surface area (Å²) in [5.74, 6) is 0.708. The zero-order valence-electron chi connectivity index (χ0n) is 18.1. The van der Waals surface area contributed by atoms with Gasteiger partial charge in [-0.2, -0.15) is 0 Å². The van der Waals surface area contributed by atoms with Crippen LogP contribution in [-0.2, 0) is 21.9 Å². The van der Waals surface area contributed by atoms with Crippen molar-refractivity contribution in [3.05, 3.63) is 67.6 Å². The molecule has 4 nitrogen and oxygen atoms in total. The molecule has 0 bridgehead atoms. The predicted octanol–water partition coefficient (Wildman–Crippen LogP) is 6.72.